The van der Waals surface area contributed by atoms with Crippen LogP contribution in [0.15, 0.2) is 53.4 Å². The van der Waals surface area contributed by atoms with Crippen molar-refractivity contribution in [1.29, 1.82) is 0 Å². The Kier molecular flexibility index (Phi) is 8.20. The molecule has 1 heterocycles. The molecule has 7 heteroatoms. The van der Waals surface area contributed by atoms with Gasteiger partial charge in [-0.3, -0.25) is 0 Å². The van der Waals surface area contributed by atoms with E-state index in [0.717, 1.165) is 29.0 Å². The molecule has 0 radical (unpaired) electrons. The van der Waals surface area contributed by atoms with Gasteiger partial charge in [0.2, 0.25) is 0 Å². The fourth-order valence-corrected chi connectivity index (χ4v) is 5.04. The molecule has 2 aromatic rings. The maximum atomic E-state index is 13.7. The summed E-state index contributed by atoms with van der Waals surface area (Å²) in [5.74, 6) is 0.0821. The first-order valence-corrected chi connectivity index (χ1v) is 11.8. The summed E-state index contributed by atoms with van der Waals surface area (Å²) < 4.78 is 21.2. The Labute approximate surface area is 194 Å². The minimum atomic E-state index is -0.815. The zero-order valence-corrected chi connectivity index (χ0v) is 20.0. The molecule has 0 aromatic heterocycles. The molecule has 3 atom stereocenters. The molecule has 0 saturated carbocycles. The number of benzene rings is 2. The van der Waals surface area contributed by atoms with E-state index in [1.165, 1.54) is 18.0 Å². The van der Waals surface area contributed by atoms with Crippen molar-refractivity contribution in [2.75, 3.05) is 13.1 Å². The second kappa shape index (κ2) is 10.7. The highest BCUT2D eigenvalue weighted by Crippen LogP contribution is 2.33. The van der Waals surface area contributed by atoms with Crippen molar-refractivity contribution in [2.24, 2.45) is 5.92 Å². The Morgan fingerprint density at radius 3 is 2.69 bits per heavy atom. The molecule has 0 unspecified atom stereocenters. The Hall–Kier alpha value is -2.09. The molecule has 1 amide bonds. The van der Waals surface area contributed by atoms with E-state index in [9.17, 15) is 14.3 Å². The highest BCUT2D eigenvalue weighted by Gasteiger charge is 2.29. The van der Waals surface area contributed by atoms with E-state index in [-0.39, 0.29) is 5.82 Å². The average Bonchev–Trinajstić information content (AvgIpc) is 2.83. The molecule has 1 aliphatic heterocycles. The molecule has 5 nitrogen and oxygen atoms in total. The number of nitrogens with one attached hydrogen (secondary N) is 1. The van der Waals surface area contributed by atoms with Gasteiger partial charge in [-0.1, -0.05) is 37.3 Å². The quantitative estimate of drug-likeness (QED) is 0.605. The zero-order valence-electron chi connectivity index (χ0n) is 19.2. The Balaban J connectivity index is 1.73. The number of hydrogen-bond donors (Lipinski definition) is 2. The van der Waals surface area contributed by atoms with Gasteiger partial charge in [-0.05, 0) is 80.8 Å². The number of aliphatic hydroxyl groups is 1. The number of ether oxygens (including phenoxy) is 1. The van der Waals surface area contributed by atoms with Crippen LogP contribution in [-0.2, 0) is 17.6 Å². The molecule has 2 aromatic carbocycles. The Morgan fingerprint density at radius 1 is 1.28 bits per heavy atom. The molecular formula is C25H33FN2O3S. The summed E-state index contributed by atoms with van der Waals surface area (Å²) >= 11 is 1.53. The van der Waals surface area contributed by atoms with Crippen molar-refractivity contribution in [3.8, 4) is 0 Å². The van der Waals surface area contributed by atoms with E-state index < -0.39 is 23.8 Å². The topological polar surface area (TPSA) is 61.8 Å². The van der Waals surface area contributed by atoms with E-state index in [0.29, 0.717) is 18.9 Å². The van der Waals surface area contributed by atoms with E-state index in [1.54, 1.807) is 12.1 Å². The van der Waals surface area contributed by atoms with Crippen LogP contribution in [0.25, 0.3) is 0 Å². The van der Waals surface area contributed by atoms with E-state index >= 15 is 0 Å². The first-order valence-electron chi connectivity index (χ1n) is 11.0. The second-order valence-electron chi connectivity index (χ2n) is 9.51. The molecule has 174 valence electrons. The van der Waals surface area contributed by atoms with Gasteiger partial charge >= 0.3 is 6.09 Å². The first kappa shape index (κ1) is 24.6. The maximum absolute atomic E-state index is 13.7. The van der Waals surface area contributed by atoms with Crippen LogP contribution in [0.5, 0.6) is 0 Å². The summed E-state index contributed by atoms with van der Waals surface area (Å²) in [5, 5.41) is 14.0. The molecule has 0 spiro atoms. The first-order chi connectivity index (χ1) is 15.1. The van der Waals surface area contributed by atoms with Gasteiger partial charge < -0.3 is 15.2 Å². The number of carbonyl (C=O) groups is 1. The number of aliphatic hydroxyl groups excluding tert-OH is 1. The fraction of sp³-hybridized carbons (Fsp3) is 0.480. The van der Waals surface area contributed by atoms with Gasteiger partial charge in [-0.2, -0.15) is 0 Å². The lowest BCUT2D eigenvalue weighted by molar-refractivity contribution is 0.0402. The van der Waals surface area contributed by atoms with Gasteiger partial charge in [0.15, 0.2) is 0 Å². The molecular weight excluding hydrogens is 427 g/mol. The smallest absolute Gasteiger partial charge is 0.407 e. The Bertz CT molecular complexity index is 904. The minimum Gasteiger partial charge on any atom is -0.444 e. The lowest BCUT2D eigenvalue weighted by Gasteiger charge is -2.30. The molecule has 0 aliphatic carbocycles. The highest BCUT2D eigenvalue weighted by molar-refractivity contribution is 7.97. The summed E-state index contributed by atoms with van der Waals surface area (Å²) in [6, 6.07) is 14.1. The number of carbonyl (C=O) groups excluding carboxylic acids is 1. The van der Waals surface area contributed by atoms with Gasteiger partial charge in [0.05, 0.1) is 12.1 Å². The van der Waals surface area contributed by atoms with Crippen LogP contribution in [0.4, 0.5) is 9.18 Å². The van der Waals surface area contributed by atoms with Crippen molar-refractivity contribution >= 4 is 18.0 Å². The lowest BCUT2D eigenvalue weighted by atomic mass is 9.99. The monoisotopic (exact) mass is 460 g/mol. The SMILES string of the molecule is C[C@H]1Cc2cc(F)ccc2SN(C[C@@H](O)[C@H](Cc2ccccc2)NC(=O)OC(C)(C)C)C1. The number of nitrogens with zero attached hydrogens (tertiary/aromatic N) is 1. The van der Waals surface area contributed by atoms with Crippen LogP contribution in [0.3, 0.4) is 0 Å². The van der Waals surface area contributed by atoms with Gasteiger partial charge in [0.25, 0.3) is 0 Å². The van der Waals surface area contributed by atoms with Gasteiger partial charge in [-0.15, -0.1) is 0 Å². The maximum Gasteiger partial charge on any atom is 0.407 e. The van der Waals surface area contributed by atoms with Crippen LogP contribution in [0.2, 0.25) is 0 Å². The van der Waals surface area contributed by atoms with Crippen LogP contribution in [0, 0.1) is 11.7 Å². The molecule has 2 N–H and O–H groups in total. The molecule has 1 aliphatic rings. The number of hydrogen-bond acceptors (Lipinski definition) is 5. The summed E-state index contributed by atoms with van der Waals surface area (Å²) in [4.78, 5) is 13.5. The molecule has 3 rings (SSSR count). The van der Waals surface area contributed by atoms with Crippen molar-refractivity contribution in [2.45, 2.75) is 63.2 Å². The average molecular weight is 461 g/mol. The van der Waals surface area contributed by atoms with E-state index in [1.807, 2.05) is 51.1 Å². The third-order valence-electron chi connectivity index (χ3n) is 5.19. The molecule has 32 heavy (non-hydrogen) atoms. The normalized spacial score (nSPS) is 18.9. The van der Waals surface area contributed by atoms with E-state index in [4.69, 9.17) is 4.74 Å². The third kappa shape index (κ3) is 7.50. The van der Waals surface area contributed by atoms with Crippen LogP contribution >= 0.6 is 11.9 Å². The third-order valence-corrected chi connectivity index (χ3v) is 6.34. The van der Waals surface area contributed by atoms with Crippen molar-refractivity contribution < 1.29 is 19.0 Å². The standard InChI is InChI=1S/C25H33FN2O3S/c1-17-12-19-14-20(26)10-11-23(19)32-28(15-17)16-22(29)21(13-18-8-6-5-7-9-18)27-24(30)31-25(2,3)4/h5-11,14,17,21-22,29H,12-13,15-16H2,1-4H3,(H,27,30)/t17-,21-,22+/m0/s1. The molecule has 0 saturated heterocycles. The summed E-state index contributed by atoms with van der Waals surface area (Å²) in [6.45, 7) is 8.67. The summed E-state index contributed by atoms with van der Waals surface area (Å²) in [7, 11) is 0. The summed E-state index contributed by atoms with van der Waals surface area (Å²) in [5.41, 5.74) is 1.39. The second-order valence-corrected chi connectivity index (χ2v) is 10.6. The summed E-state index contributed by atoms with van der Waals surface area (Å²) in [6.07, 6.45) is -0.0902. The van der Waals surface area contributed by atoms with Gasteiger partial charge in [0, 0.05) is 18.0 Å². The lowest BCUT2D eigenvalue weighted by Crippen LogP contribution is -2.50. The Morgan fingerprint density at radius 2 is 2.00 bits per heavy atom. The fourth-order valence-electron chi connectivity index (χ4n) is 3.82. The number of β-amino-alcohol motifs (C(OH)–C–C–N with tert-alkyl or cyclic N) is 1. The predicted molar refractivity (Wildman–Crippen MR) is 126 cm³/mol. The van der Waals surface area contributed by atoms with Crippen LogP contribution in [-0.4, -0.2) is 46.3 Å². The van der Waals surface area contributed by atoms with Crippen molar-refractivity contribution in [1.82, 2.24) is 9.62 Å². The van der Waals surface area contributed by atoms with Crippen LogP contribution in [0.1, 0.15) is 38.8 Å². The number of halogens is 1. The predicted octanol–water partition coefficient (Wildman–Crippen LogP) is 4.82. The largest absolute Gasteiger partial charge is 0.444 e. The number of amides is 1. The van der Waals surface area contributed by atoms with Gasteiger partial charge in [-0.25, -0.2) is 13.5 Å². The highest BCUT2D eigenvalue weighted by atomic mass is 32.2. The number of fused-ring (bicyclic) bond motifs is 1. The number of rotatable bonds is 6. The van der Waals surface area contributed by atoms with Crippen molar-refractivity contribution in [3.05, 3.63) is 65.5 Å². The minimum absolute atomic E-state index is 0.227. The zero-order chi connectivity index (χ0) is 23.3. The van der Waals surface area contributed by atoms with Gasteiger partial charge in [0.1, 0.15) is 11.4 Å². The number of alkyl carbamates (subject to hydrolysis) is 1. The molecule has 0 fully saturated rings. The van der Waals surface area contributed by atoms with Crippen LogP contribution < -0.4 is 5.32 Å². The van der Waals surface area contributed by atoms with Crippen molar-refractivity contribution in [3.63, 3.8) is 0 Å². The molecule has 0 bridgehead atoms. The van der Waals surface area contributed by atoms with E-state index in [2.05, 4.69) is 16.5 Å².